The van der Waals surface area contributed by atoms with Gasteiger partial charge < -0.3 is 0 Å². The van der Waals surface area contributed by atoms with Crippen LogP contribution in [0.1, 0.15) is 0 Å². The molecule has 0 aliphatic heterocycles. The molecule has 3 aromatic rings. The van der Waals surface area contributed by atoms with E-state index in [-0.39, 0.29) is 5.69 Å². The Morgan fingerprint density at radius 2 is 1.81 bits per heavy atom. The fraction of sp³-hybridized carbons (Fsp3) is 0. The topological polar surface area (TPSA) is 59.9 Å². The zero-order valence-electron chi connectivity index (χ0n) is 11.1. The van der Waals surface area contributed by atoms with Crippen LogP contribution in [0.25, 0.3) is 16.8 Å². The van der Waals surface area contributed by atoms with Gasteiger partial charge >= 0.3 is 0 Å². The summed E-state index contributed by atoms with van der Waals surface area (Å²) in [7, 11) is 0. The molecule has 3 rings (SSSR count). The van der Waals surface area contributed by atoms with E-state index in [1.165, 1.54) is 6.07 Å². The number of aromatic nitrogens is 2. The molecule has 0 unspecified atom stereocenters. The lowest BCUT2D eigenvalue weighted by molar-refractivity contribution is -0.595. The molecule has 0 radical (unpaired) electrons. The predicted octanol–water partition coefficient (Wildman–Crippen LogP) is 2.93. The standard InChI is InChI=1S/C16H12N3O2/c20-19(21)16-5-1-4-15(11-16)18-10-2-3-14(12-18)13-6-8-17-9-7-13/h1-12H/q+1. The van der Waals surface area contributed by atoms with Crippen LogP contribution >= 0.6 is 0 Å². The van der Waals surface area contributed by atoms with E-state index < -0.39 is 4.92 Å². The number of hydrogen-bond acceptors (Lipinski definition) is 3. The van der Waals surface area contributed by atoms with Crippen molar-refractivity contribution in [3.63, 3.8) is 0 Å². The second-order valence-corrected chi connectivity index (χ2v) is 4.51. The van der Waals surface area contributed by atoms with Crippen molar-refractivity contribution < 1.29 is 9.49 Å². The smallest absolute Gasteiger partial charge is 0.265 e. The van der Waals surface area contributed by atoms with E-state index in [2.05, 4.69) is 4.98 Å². The molecular weight excluding hydrogens is 266 g/mol. The lowest BCUT2D eigenvalue weighted by Crippen LogP contribution is -2.29. The molecule has 0 bridgehead atoms. The average molecular weight is 278 g/mol. The van der Waals surface area contributed by atoms with E-state index in [9.17, 15) is 10.1 Å². The third kappa shape index (κ3) is 2.76. The third-order valence-corrected chi connectivity index (χ3v) is 3.15. The van der Waals surface area contributed by atoms with E-state index >= 15 is 0 Å². The minimum atomic E-state index is -0.392. The molecule has 5 nitrogen and oxygen atoms in total. The van der Waals surface area contributed by atoms with Crippen molar-refractivity contribution in [1.29, 1.82) is 0 Å². The number of nitro groups is 1. The third-order valence-electron chi connectivity index (χ3n) is 3.15. The first-order chi connectivity index (χ1) is 10.2. The molecular formula is C16H12N3O2+. The summed E-state index contributed by atoms with van der Waals surface area (Å²) in [4.78, 5) is 14.5. The first-order valence-corrected chi connectivity index (χ1v) is 6.40. The molecule has 0 aliphatic carbocycles. The Bertz CT molecular complexity index is 788. The summed E-state index contributed by atoms with van der Waals surface area (Å²) in [6.07, 6.45) is 7.28. The highest BCUT2D eigenvalue weighted by Gasteiger charge is 2.13. The van der Waals surface area contributed by atoms with Gasteiger partial charge in [0.25, 0.3) is 5.69 Å². The van der Waals surface area contributed by atoms with Crippen molar-refractivity contribution in [2.24, 2.45) is 0 Å². The van der Waals surface area contributed by atoms with E-state index in [0.717, 1.165) is 16.8 Å². The van der Waals surface area contributed by atoms with Crippen molar-refractivity contribution in [3.05, 3.63) is 83.4 Å². The lowest BCUT2D eigenvalue weighted by Gasteiger charge is -2.00. The number of nitrogens with zero attached hydrogens (tertiary/aromatic N) is 3. The van der Waals surface area contributed by atoms with Gasteiger partial charge in [0.2, 0.25) is 5.69 Å². The molecule has 0 atom stereocenters. The van der Waals surface area contributed by atoms with Gasteiger partial charge in [-0.05, 0) is 29.8 Å². The monoisotopic (exact) mass is 278 g/mol. The molecule has 2 heterocycles. The summed E-state index contributed by atoms with van der Waals surface area (Å²) in [5.41, 5.74) is 2.89. The zero-order chi connectivity index (χ0) is 14.7. The number of benzene rings is 1. The molecule has 0 N–H and O–H groups in total. The molecule has 0 spiro atoms. The summed E-state index contributed by atoms with van der Waals surface area (Å²) in [5.74, 6) is 0. The van der Waals surface area contributed by atoms with Crippen molar-refractivity contribution >= 4 is 5.69 Å². The van der Waals surface area contributed by atoms with Gasteiger partial charge in [-0.2, -0.15) is 4.57 Å². The maximum atomic E-state index is 10.9. The van der Waals surface area contributed by atoms with Gasteiger partial charge in [-0.25, -0.2) is 0 Å². The van der Waals surface area contributed by atoms with Crippen LogP contribution in [0.5, 0.6) is 0 Å². The molecule has 0 saturated carbocycles. The Morgan fingerprint density at radius 3 is 2.57 bits per heavy atom. The number of hydrogen-bond donors (Lipinski definition) is 0. The minimum Gasteiger partial charge on any atom is -0.265 e. The largest absolute Gasteiger partial charge is 0.276 e. The van der Waals surface area contributed by atoms with Crippen molar-refractivity contribution in [2.75, 3.05) is 0 Å². The second kappa shape index (κ2) is 5.50. The average Bonchev–Trinajstić information content (AvgIpc) is 2.56. The summed E-state index contributed by atoms with van der Waals surface area (Å²) in [6, 6.07) is 14.3. The summed E-state index contributed by atoms with van der Waals surface area (Å²) >= 11 is 0. The summed E-state index contributed by atoms with van der Waals surface area (Å²) in [5, 5.41) is 10.9. The van der Waals surface area contributed by atoms with Gasteiger partial charge in [-0.1, -0.05) is 0 Å². The van der Waals surface area contributed by atoms with Crippen LogP contribution in [-0.2, 0) is 0 Å². The molecule has 0 amide bonds. The first-order valence-electron chi connectivity index (χ1n) is 6.40. The molecule has 1 aromatic carbocycles. The maximum Gasteiger partial charge on any atom is 0.276 e. The Hall–Kier alpha value is -3.08. The quantitative estimate of drug-likeness (QED) is 0.420. The van der Waals surface area contributed by atoms with Crippen molar-refractivity contribution in [3.8, 4) is 16.8 Å². The summed E-state index contributed by atoms with van der Waals surface area (Å²) in [6.45, 7) is 0. The van der Waals surface area contributed by atoms with Crippen molar-refractivity contribution in [2.45, 2.75) is 0 Å². The molecule has 0 fully saturated rings. The highest BCUT2D eigenvalue weighted by molar-refractivity contribution is 5.60. The minimum absolute atomic E-state index is 0.0781. The normalized spacial score (nSPS) is 10.3. The Morgan fingerprint density at radius 1 is 1.00 bits per heavy atom. The Balaban J connectivity index is 2.04. The molecule has 21 heavy (non-hydrogen) atoms. The van der Waals surface area contributed by atoms with E-state index in [1.54, 1.807) is 24.5 Å². The number of non-ortho nitro benzene ring substituents is 1. The molecule has 102 valence electrons. The number of pyridine rings is 2. The zero-order valence-corrected chi connectivity index (χ0v) is 11.1. The Labute approximate surface area is 121 Å². The summed E-state index contributed by atoms with van der Waals surface area (Å²) < 4.78 is 1.86. The molecule has 0 aliphatic rings. The van der Waals surface area contributed by atoms with Crippen LogP contribution in [0.3, 0.4) is 0 Å². The molecule has 2 aromatic heterocycles. The van der Waals surface area contributed by atoms with Gasteiger partial charge in [0.1, 0.15) is 0 Å². The van der Waals surface area contributed by atoms with Gasteiger partial charge in [-0.15, -0.1) is 0 Å². The fourth-order valence-corrected chi connectivity index (χ4v) is 2.12. The highest BCUT2D eigenvalue weighted by Crippen LogP contribution is 2.17. The van der Waals surface area contributed by atoms with E-state index in [0.29, 0.717) is 0 Å². The van der Waals surface area contributed by atoms with Gasteiger partial charge in [0.05, 0.1) is 11.0 Å². The predicted molar refractivity (Wildman–Crippen MR) is 77.9 cm³/mol. The van der Waals surface area contributed by atoms with Crippen molar-refractivity contribution in [1.82, 2.24) is 4.98 Å². The highest BCUT2D eigenvalue weighted by atomic mass is 16.6. The van der Waals surface area contributed by atoms with Gasteiger partial charge in [0.15, 0.2) is 12.4 Å². The molecule has 5 heteroatoms. The SMILES string of the molecule is O=[N+]([O-])c1cccc(-[n+]2cccc(-c3ccncc3)c2)c1. The van der Waals surface area contributed by atoms with Crippen LogP contribution in [0.4, 0.5) is 5.69 Å². The molecule has 0 saturated heterocycles. The van der Waals surface area contributed by atoms with E-state index in [4.69, 9.17) is 0 Å². The Kier molecular flexibility index (Phi) is 3.39. The second-order valence-electron chi connectivity index (χ2n) is 4.51. The van der Waals surface area contributed by atoms with E-state index in [1.807, 2.05) is 47.3 Å². The first kappa shape index (κ1) is 12.9. The fourth-order valence-electron chi connectivity index (χ4n) is 2.12. The maximum absolute atomic E-state index is 10.9. The van der Waals surface area contributed by atoms with Crippen LogP contribution in [0.15, 0.2) is 73.3 Å². The van der Waals surface area contributed by atoms with Crippen LogP contribution < -0.4 is 4.57 Å². The number of rotatable bonds is 3. The van der Waals surface area contributed by atoms with Gasteiger partial charge in [-0.3, -0.25) is 15.1 Å². The van der Waals surface area contributed by atoms with Crippen LogP contribution in [0.2, 0.25) is 0 Å². The van der Waals surface area contributed by atoms with Crippen LogP contribution in [-0.4, -0.2) is 9.91 Å². The van der Waals surface area contributed by atoms with Gasteiger partial charge in [0, 0.05) is 36.2 Å². The van der Waals surface area contributed by atoms with Crippen LogP contribution in [0, 0.1) is 10.1 Å². The number of nitro benzene ring substituents is 1. The lowest BCUT2D eigenvalue weighted by atomic mass is 10.1.